The Hall–Kier alpha value is -2.16. The second kappa shape index (κ2) is 6.85. The number of likely N-dealkylation sites (tertiary alicyclic amines) is 1. The molecule has 2 amide bonds. The number of carbonyl (C=O) groups excluding carboxylic acids is 2. The molecular weight excluding hydrogens is 270 g/mol. The molecule has 1 fully saturated rings. The second-order valence-electron chi connectivity index (χ2n) is 4.45. The zero-order valence-corrected chi connectivity index (χ0v) is 10.7. The number of hydrogen-bond donors (Lipinski definition) is 4. The van der Waals surface area contributed by atoms with E-state index in [1.807, 2.05) is 0 Å². The van der Waals surface area contributed by atoms with Gasteiger partial charge in [0.1, 0.15) is 12.1 Å². The van der Waals surface area contributed by atoms with Crippen LogP contribution in [0.15, 0.2) is 0 Å². The molecule has 0 aliphatic carbocycles. The number of nitrogens with zero attached hydrogens (tertiary/aromatic N) is 1. The van der Waals surface area contributed by atoms with Gasteiger partial charge in [-0.2, -0.15) is 0 Å². The first-order valence-corrected chi connectivity index (χ1v) is 6.11. The van der Waals surface area contributed by atoms with Crippen LogP contribution >= 0.6 is 0 Å². The van der Waals surface area contributed by atoms with Gasteiger partial charge in [0, 0.05) is 6.54 Å². The number of carboxylic acid groups (broad SMARTS) is 2. The minimum Gasteiger partial charge on any atom is -0.481 e. The van der Waals surface area contributed by atoms with E-state index in [1.54, 1.807) is 0 Å². The van der Waals surface area contributed by atoms with Crippen LogP contribution in [0.5, 0.6) is 0 Å². The molecule has 9 heteroatoms. The molecule has 112 valence electrons. The number of nitrogens with one attached hydrogen (secondary N) is 1. The molecule has 5 N–H and O–H groups in total. The van der Waals surface area contributed by atoms with Gasteiger partial charge in [-0.3, -0.25) is 14.4 Å². The van der Waals surface area contributed by atoms with Crippen molar-refractivity contribution in [3.05, 3.63) is 0 Å². The molecule has 1 saturated heterocycles. The highest BCUT2D eigenvalue weighted by atomic mass is 16.4. The number of nitrogens with two attached hydrogens (primary N) is 1. The van der Waals surface area contributed by atoms with Crippen LogP contribution in [-0.4, -0.2) is 64.0 Å². The number of rotatable bonds is 6. The summed E-state index contributed by atoms with van der Waals surface area (Å²) in [5, 5.41) is 20.0. The standard InChI is InChI=1S/C11H17N3O6/c12-5-8(15)13-6(4-9(16)17)10(18)14-3-1-2-7(14)11(19)20/h6-7H,1-5,12H2,(H,13,15)(H,16,17)(H,19,20)/t6-,7-/m0/s1. The molecule has 1 heterocycles. The summed E-state index contributed by atoms with van der Waals surface area (Å²) in [6.07, 6.45) is 0.215. The molecule has 1 rings (SSSR count). The summed E-state index contributed by atoms with van der Waals surface area (Å²) in [5.74, 6) is -3.79. The molecule has 1 aliphatic rings. The highest BCUT2D eigenvalue weighted by Gasteiger charge is 2.38. The molecule has 20 heavy (non-hydrogen) atoms. The minimum atomic E-state index is -1.30. The quantitative estimate of drug-likeness (QED) is 0.440. The lowest BCUT2D eigenvalue weighted by atomic mass is 10.1. The molecule has 9 nitrogen and oxygen atoms in total. The smallest absolute Gasteiger partial charge is 0.326 e. The largest absolute Gasteiger partial charge is 0.481 e. The Kier molecular flexibility index (Phi) is 5.44. The molecule has 0 spiro atoms. The first-order chi connectivity index (χ1) is 9.36. The van der Waals surface area contributed by atoms with Crippen LogP contribution < -0.4 is 11.1 Å². The van der Waals surface area contributed by atoms with Crippen LogP contribution in [0.25, 0.3) is 0 Å². The van der Waals surface area contributed by atoms with Gasteiger partial charge in [0.05, 0.1) is 13.0 Å². The van der Waals surface area contributed by atoms with Gasteiger partial charge in [-0.1, -0.05) is 0 Å². The van der Waals surface area contributed by atoms with Crippen molar-refractivity contribution in [2.24, 2.45) is 5.73 Å². The van der Waals surface area contributed by atoms with Crippen molar-refractivity contribution < 1.29 is 29.4 Å². The fraction of sp³-hybridized carbons (Fsp3) is 0.636. The van der Waals surface area contributed by atoms with E-state index in [0.717, 1.165) is 4.90 Å². The summed E-state index contributed by atoms with van der Waals surface area (Å²) >= 11 is 0. The molecule has 0 bridgehead atoms. The van der Waals surface area contributed by atoms with Crippen LogP contribution in [0.1, 0.15) is 19.3 Å². The van der Waals surface area contributed by atoms with Crippen LogP contribution in [0, 0.1) is 0 Å². The zero-order chi connectivity index (χ0) is 15.3. The predicted molar refractivity (Wildman–Crippen MR) is 65.6 cm³/mol. The maximum Gasteiger partial charge on any atom is 0.326 e. The van der Waals surface area contributed by atoms with Crippen LogP contribution in [0.3, 0.4) is 0 Å². The molecule has 1 aliphatic heterocycles. The molecule has 0 saturated carbocycles. The van der Waals surface area contributed by atoms with Crippen LogP contribution in [0.4, 0.5) is 0 Å². The van der Waals surface area contributed by atoms with Crippen molar-refractivity contribution in [3.63, 3.8) is 0 Å². The molecule has 0 unspecified atom stereocenters. The van der Waals surface area contributed by atoms with Crippen molar-refractivity contribution >= 4 is 23.8 Å². The summed E-state index contributed by atoms with van der Waals surface area (Å²) in [6, 6.07) is -2.28. The Labute approximate surface area is 114 Å². The lowest BCUT2D eigenvalue weighted by Gasteiger charge is -2.26. The first kappa shape index (κ1) is 15.9. The average Bonchev–Trinajstić information content (AvgIpc) is 2.85. The number of aliphatic carboxylic acids is 2. The maximum atomic E-state index is 12.2. The van der Waals surface area contributed by atoms with Crippen molar-refractivity contribution in [2.75, 3.05) is 13.1 Å². The molecule has 2 atom stereocenters. The van der Waals surface area contributed by atoms with Crippen LogP contribution in [0.2, 0.25) is 0 Å². The van der Waals surface area contributed by atoms with Crippen molar-refractivity contribution in [1.82, 2.24) is 10.2 Å². The van der Waals surface area contributed by atoms with E-state index in [9.17, 15) is 19.2 Å². The van der Waals surface area contributed by atoms with Gasteiger partial charge in [0.2, 0.25) is 11.8 Å². The zero-order valence-electron chi connectivity index (χ0n) is 10.7. The van der Waals surface area contributed by atoms with E-state index >= 15 is 0 Å². The van der Waals surface area contributed by atoms with Gasteiger partial charge in [-0.25, -0.2) is 4.79 Å². The first-order valence-electron chi connectivity index (χ1n) is 6.11. The molecule has 0 aromatic rings. The lowest BCUT2D eigenvalue weighted by Crippen LogP contribution is -2.53. The minimum absolute atomic E-state index is 0.227. The molecule has 0 aromatic carbocycles. The predicted octanol–water partition coefficient (Wildman–Crippen LogP) is -2.02. The summed E-state index contributed by atoms with van der Waals surface area (Å²) in [7, 11) is 0. The Morgan fingerprint density at radius 3 is 2.45 bits per heavy atom. The van der Waals surface area contributed by atoms with Crippen molar-refractivity contribution in [3.8, 4) is 0 Å². The van der Waals surface area contributed by atoms with Crippen LogP contribution in [-0.2, 0) is 19.2 Å². The summed E-state index contributed by atoms with van der Waals surface area (Å²) in [6.45, 7) is -0.157. The topological polar surface area (TPSA) is 150 Å². The Morgan fingerprint density at radius 1 is 1.30 bits per heavy atom. The van der Waals surface area contributed by atoms with Crippen molar-refractivity contribution in [2.45, 2.75) is 31.3 Å². The average molecular weight is 287 g/mol. The Bertz CT molecular complexity index is 424. The Balaban J connectivity index is 2.83. The normalized spacial score (nSPS) is 19.4. The third kappa shape index (κ3) is 3.92. The molecular formula is C11H17N3O6. The van der Waals surface area contributed by atoms with Gasteiger partial charge in [0.15, 0.2) is 0 Å². The SMILES string of the molecule is NCC(=O)N[C@@H](CC(=O)O)C(=O)N1CCC[C@H]1C(=O)O. The van der Waals surface area contributed by atoms with Gasteiger partial charge in [-0.05, 0) is 12.8 Å². The van der Waals surface area contributed by atoms with Gasteiger partial charge in [0.25, 0.3) is 0 Å². The summed E-state index contributed by atoms with van der Waals surface area (Å²) in [4.78, 5) is 46.3. The molecule has 0 radical (unpaired) electrons. The lowest BCUT2D eigenvalue weighted by molar-refractivity contribution is -0.150. The fourth-order valence-electron chi connectivity index (χ4n) is 2.12. The van der Waals surface area contributed by atoms with Gasteiger partial charge < -0.3 is 26.2 Å². The van der Waals surface area contributed by atoms with E-state index < -0.39 is 42.3 Å². The van der Waals surface area contributed by atoms with Gasteiger partial charge >= 0.3 is 11.9 Å². The third-order valence-corrected chi connectivity index (χ3v) is 3.02. The number of amides is 2. The number of carboxylic acids is 2. The fourth-order valence-corrected chi connectivity index (χ4v) is 2.12. The van der Waals surface area contributed by atoms with E-state index in [2.05, 4.69) is 5.32 Å². The van der Waals surface area contributed by atoms with E-state index in [4.69, 9.17) is 15.9 Å². The number of carbonyl (C=O) groups is 4. The second-order valence-corrected chi connectivity index (χ2v) is 4.45. The highest BCUT2D eigenvalue weighted by molar-refractivity contribution is 5.93. The monoisotopic (exact) mass is 287 g/mol. The molecule has 0 aromatic heterocycles. The van der Waals surface area contributed by atoms with E-state index in [1.165, 1.54) is 0 Å². The maximum absolute atomic E-state index is 12.2. The summed E-state index contributed by atoms with van der Waals surface area (Å²) < 4.78 is 0. The summed E-state index contributed by atoms with van der Waals surface area (Å²) in [5.41, 5.74) is 5.10. The van der Waals surface area contributed by atoms with E-state index in [0.29, 0.717) is 12.8 Å². The third-order valence-electron chi connectivity index (χ3n) is 3.02. The number of hydrogen-bond acceptors (Lipinski definition) is 5. The Morgan fingerprint density at radius 2 is 1.95 bits per heavy atom. The van der Waals surface area contributed by atoms with Crippen molar-refractivity contribution in [1.29, 1.82) is 0 Å². The highest BCUT2D eigenvalue weighted by Crippen LogP contribution is 2.19. The van der Waals surface area contributed by atoms with E-state index in [-0.39, 0.29) is 13.1 Å². The van der Waals surface area contributed by atoms with Gasteiger partial charge in [-0.15, -0.1) is 0 Å².